The second-order valence-corrected chi connectivity index (χ2v) is 11.5. The van der Waals surface area contributed by atoms with Gasteiger partial charge in [0.15, 0.2) is 17.3 Å². The summed E-state index contributed by atoms with van der Waals surface area (Å²) in [6, 6.07) is 28.0. The van der Waals surface area contributed by atoms with Crippen molar-refractivity contribution < 1.29 is 19.1 Å². The maximum Gasteiger partial charge on any atom is 0.185 e. The molecule has 1 saturated heterocycles. The largest absolute Gasteiger partial charge is 0.494 e. The summed E-state index contributed by atoms with van der Waals surface area (Å²) in [5.74, 6) is -0.892. The molecule has 202 valence electrons. The van der Waals surface area contributed by atoms with Crippen LogP contribution in [-0.2, 0) is 0 Å². The van der Waals surface area contributed by atoms with E-state index in [1.807, 2.05) is 84.6 Å². The third kappa shape index (κ3) is 3.56. The molecule has 3 aliphatic rings. The summed E-state index contributed by atoms with van der Waals surface area (Å²) in [5.41, 5.74) is 2.16. The second-order valence-electron chi connectivity index (χ2n) is 10.6. The highest BCUT2D eigenvalue weighted by Gasteiger charge is 2.71. The lowest BCUT2D eigenvalue weighted by Gasteiger charge is -2.37. The van der Waals surface area contributed by atoms with Gasteiger partial charge in [-0.25, -0.2) is 0 Å². The van der Waals surface area contributed by atoms with Crippen LogP contribution >= 0.6 is 15.9 Å². The fraction of sp³-hybridized carbons (Fsp3) is 0.171. The molecule has 3 atom stereocenters. The van der Waals surface area contributed by atoms with E-state index in [1.54, 1.807) is 36.4 Å². The first-order valence-electron chi connectivity index (χ1n) is 13.7. The van der Waals surface area contributed by atoms with Crippen LogP contribution in [0.2, 0.25) is 0 Å². The van der Waals surface area contributed by atoms with Gasteiger partial charge in [0.05, 0.1) is 12.6 Å². The Labute approximate surface area is 246 Å². The van der Waals surface area contributed by atoms with Crippen molar-refractivity contribution in [1.82, 2.24) is 0 Å². The Morgan fingerprint density at radius 2 is 1.54 bits per heavy atom. The van der Waals surface area contributed by atoms with Gasteiger partial charge in [0, 0.05) is 38.3 Å². The molecule has 0 radical (unpaired) electrons. The summed E-state index contributed by atoms with van der Waals surface area (Å²) in [7, 11) is 0. The number of hydrogen-bond acceptors (Lipinski definition) is 5. The number of carbonyl (C=O) groups excluding carboxylic acids is 3. The van der Waals surface area contributed by atoms with Crippen molar-refractivity contribution >= 4 is 45.0 Å². The molecule has 0 aromatic heterocycles. The lowest BCUT2D eigenvalue weighted by atomic mass is 9.64. The molecule has 6 heteroatoms. The summed E-state index contributed by atoms with van der Waals surface area (Å²) in [6.45, 7) is 2.30. The predicted octanol–water partition coefficient (Wildman–Crippen LogP) is 7.16. The van der Waals surface area contributed by atoms with Crippen LogP contribution < -0.4 is 9.64 Å². The summed E-state index contributed by atoms with van der Waals surface area (Å²) in [4.78, 5) is 46.3. The minimum atomic E-state index is -1.56. The number of para-hydroxylation sites is 1. The van der Waals surface area contributed by atoms with Crippen molar-refractivity contribution in [3.05, 3.63) is 135 Å². The molecule has 1 spiro atoms. The predicted molar refractivity (Wildman–Crippen MR) is 162 cm³/mol. The number of benzene rings is 4. The number of fused-ring (bicyclic) bond motifs is 5. The standard InChI is InChI=1S/C35H26BrNO4/c1-2-41-28-15-9-8-14-26(28)30-31(32(38)21-10-4-3-5-11-21)37-27-18-17-23(36)20-22(27)16-19-29(37)35(30)33(39)24-12-6-7-13-25(24)34(35)40/h3-20,29-31H,2H2,1H3/t29?,30-,31+/m1/s1. The third-order valence-corrected chi connectivity index (χ3v) is 9.14. The Hall–Kier alpha value is -4.29. The van der Waals surface area contributed by atoms with Crippen LogP contribution in [0.3, 0.4) is 0 Å². The molecule has 4 aromatic carbocycles. The molecule has 41 heavy (non-hydrogen) atoms. The second kappa shape index (κ2) is 9.67. The smallest absolute Gasteiger partial charge is 0.185 e. The van der Waals surface area contributed by atoms with E-state index in [0.717, 1.165) is 15.7 Å². The Bertz CT molecular complexity index is 1730. The van der Waals surface area contributed by atoms with Crippen molar-refractivity contribution in [3.8, 4) is 5.75 Å². The minimum Gasteiger partial charge on any atom is -0.494 e. The topological polar surface area (TPSA) is 63.7 Å². The number of rotatable bonds is 5. The lowest BCUT2D eigenvalue weighted by Crippen LogP contribution is -2.48. The van der Waals surface area contributed by atoms with Gasteiger partial charge in [0.2, 0.25) is 0 Å². The zero-order valence-corrected chi connectivity index (χ0v) is 23.9. The fourth-order valence-electron chi connectivity index (χ4n) is 7.09. The fourth-order valence-corrected chi connectivity index (χ4v) is 7.47. The van der Waals surface area contributed by atoms with Gasteiger partial charge in [-0.1, -0.05) is 101 Å². The van der Waals surface area contributed by atoms with Crippen molar-refractivity contribution in [2.45, 2.75) is 24.9 Å². The van der Waals surface area contributed by atoms with Gasteiger partial charge < -0.3 is 9.64 Å². The number of ketones is 3. The number of halogens is 1. The van der Waals surface area contributed by atoms with Gasteiger partial charge in [-0.2, -0.15) is 0 Å². The maximum atomic E-state index is 14.8. The molecule has 1 fully saturated rings. The van der Waals surface area contributed by atoms with Crippen LogP contribution in [0.4, 0.5) is 5.69 Å². The number of nitrogens with zero attached hydrogens (tertiary/aromatic N) is 1. The number of ether oxygens (including phenoxy) is 1. The van der Waals surface area contributed by atoms with E-state index in [4.69, 9.17) is 4.74 Å². The molecule has 0 N–H and O–H groups in total. The van der Waals surface area contributed by atoms with Gasteiger partial charge in [-0.15, -0.1) is 0 Å². The van der Waals surface area contributed by atoms with Crippen LogP contribution in [0.5, 0.6) is 5.75 Å². The van der Waals surface area contributed by atoms with Crippen molar-refractivity contribution in [2.75, 3.05) is 11.5 Å². The van der Waals surface area contributed by atoms with Crippen molar-refractivity contribution in [3.63, 3.8) is 0 Å². The molecule has 5 nitrogen and oxygen atoms in total. The summed E-state index contributed by atoms with van der Waals surface area (Å²) in [5, 5.41) is 0. The Kier molecular flexibility index (Phi) is 6.05. The Balaban J connectivity index is 1.57. The molecule has 0 saturated carbocycles. The highest BCUT2D eigenvalue weighted by molar-refractivity contribution is 9.10. The Morgan fingerprint density at radius 3 is 2.24 bits per heavy atom. The number of hydrogen-bond donors (Lipinski definition) is 0. The van der Waals surface area contributed by atoms with Crippen LogP contribution in [0.25, 0.3) is 6.08 Å². The third-order valence-electron chi connectivity index (χ3n) is 8.65. The molecule has 2 heterocycles. The van der Waals surface area contributed by atoms with Gasteiger partial charge in [0.1, 0.15) is 17.2 Å². The number of anilines is 1. The van der Waals surface area contributed by atoms with E-state index in [2.05, 4.69) is 15.9 Å². The molecule has 0 bridgehead atoms. The lowest BCUT2D eigenvalue weighted by molar-refractivity contribution is 0.0664. The summed E-state index contributed by atoms with van der Waals surface area (Å²) >= 11 is 3.57. The highest BCUT2D eigenvalue weighted by atomic mass is 79.9. The first-order valence-corrected chi connectivity index (χ1v) is 14.5. The minimum absolute atomic E-state index is 0.149. The van der Waals surface area contributed by atoms with E-state index < -0.39 is 23.4 Å². The molecule has 1 unspecified atom stereocenters. The summed E-state index contributed by atoms with van der Waals surface area (Å²) < 4.78 is 7.00. The summed E-state index contributed by atoms with van der Waals surface area (Å²) in [6.07, 6.45) is 3.90. The van der Waals surface area contributed by atoms with Crippen LogP contribution in [0.1, 0.15) is 55.0 Å². The van der Waals surface area contributed by atoms with Gasteiger partial charge in [-0.05, 0) is 36.8 Å². The van der Waals surface area contributed by atoms with Gasteiger partial charge >= 0.3 is 0 Å². The maximum absolute atomic E-state index is 14.8. The monoisotopic (exact) mass is 603 g/mol. The average molecular weight is 605 g/mol. The molecular formula is C35H26BrNO4. The SMILES string of the molecule is CCOc1ccccc1[C@@H]1[C@@H](C(=O)c2ccccc2)N2c3ccc(Br)cc3C=CC2C12C(=O)c1ccccc1C2=O. The van der Waals surface area contributed by atoms with Crippen LogP contribution in [-0.4, -0.2) is 36.0 Å². The zero-order chi connectivity index (χ0) is 28.3. The van der Waals surface area contributed by atoms with E-state index in [9.17, 15) is 14.4 Å². The first kappa shape index (κ1) is 25.7. The number of carbonyl (C=O) groups is 3. The van der Waals surface area contributed by atoms with Gasteiger partial charge in [0.25, 0.3) is 0 Å². The molecule has 2 aliphatic heterocycles. The molecule has 4 aromatic rings. The van der Waals surface area contributed by atoms with E-state index >= 15 is 0 Å². The zero-order valence-electron chi connectivity index (χ0n) is 22.3. The van der Waals surface area contributed by atoms with Crippen molar-refractivity contribution in [2.24, 2.45) is 5.41 Å². The highest BCUT2D eigenvalue weighted by Crippen LogP contribution is 2.62. The molecule has 0 amide bonds. The van der Waals surface area contributed by atoms with Crippen molar-refractivity contribution in [1.29, 1.82) is 0 Å². The van der Waals surface area contributed by atoms with E-state index in [0.29, 0.717) is 34.6 Å². The normalized spacial score (nSPS) is 21.5. The molecule has 7 rings (SSSR count). The quantitative estimate of drug-likeness (QED) is 0.179. The molecule has 1 aliphatic carbocycles. The first-order chi connectivity index (χ1) is 20.0. The van der Waals surface area contributed by atoms with E-state index in [-0.39, 0.29) is 17.3 Å². The average Bonchev–Trinajstić information content (AvgIpc) is 3.43. The van der Waals surface area contributed by atoms with Crippen LogP contribution in [0, 0.1) is 5.41 Å². The van der Waals surface area contributed by atoms with E-state index in [1.165, 1.54) is 0 Å². The molecular weight excluding hydrogens is 578 g/mol. The Morgan fingerprint density at radius 1 is 0.878 bits per heavy atom. The van der Waals surface area contributed by atoms with Crippen LogP contribution in [0.15, 0.2) is 108 Å². The van der Waals surface area contributed by atoms with Gasteiger partial charge in [-0.3, -0.25) is 14.4 Å². The number of Topliss-reactive ketones (excluding diaryl/α,β-unsaturated/α-hetero) is 3.